The van der Waals surface area contributed by atoms with Crippen LogP contribution in [-0.4, -0.2) is 42.8 Å². The summed E-state index contributed by atoms with van der Waals surface area (Å²) in [6, 6.07) is 5.24. The topological polar surface area (TPSA) is 59.0 Å². The summed E-state index contributed by atoms with van der Waals surface area (Å²) in [6.45, 7) is 3.39. The van der Waals surface area contributed by atoms with Gasteiger partial charge in [0.1, 0.15) is 17.5 Å². The Morgan fingerprint density at radius 2 is 1.90 bits per heavy atom. The zero-order valence-electron chi connectivity index (χ0n) is 12.1. The first kappa shape index (κ1) is 14.7. The molecule has 1 aliphatic rings. The van der Waals surface area contributed by atoms with E-state index in [9.17, 15) is 9.90 Å². The molecule has 5 heteroatoms. The van der Waals surface area contributed by atoms with E-state index in [0.717, 1.165) is 30.0 Å². The third-order valence-electron chi connectivity index (χ3n) is 3.85. The van der Waals surface area contributed by atoms with E-state index in [2.05, 4.69) is 0 Å². The van der Waals surface area contributed by atoms with Crippen LogP contribution in [0.4, 0.5) is 0 Å². The third kappa shape index (κ3) is 3.04. The lowest BCUT2D eigenvalue weighted by Crippen LogP contribution is -2.38. The number of carbonyl (C=O) groups is 1. The summed E-state index contributed by atoms with van der Waals surface area (Å²) in [5.74, 6) is 0.877. The Kier molecular flexibility index (Phi) is 4.49. The van der Waals surface area contributed by atoms with E-state index in [1.807, 2.05) is 30.0 Å². The van der Waals surface area contributed by atoms with Crippen LogP contribution in [0.3, 0.4) is 0 Å². The zero-order valence-corrected chi connectivity index (χ0v) is 12.1. The predicted molar refractivity (Wildman–Crippen MR) is 75.2 cm³/mol. The minimum atomic E-state index is -0.745. The molecule has 5 nitrogen and oxygen atoms in total. The number of rotatable bonds is 5. The smallest absolute Gasteiger partial charge is 0.321 e. The average Bonchev–Trinajstić information content (AvgIpc) is 2.79. The molecule has 1 aromatic rings. The summed E-state index contributed by atoms with van der Waals surface area (Å²) in [6.07, 6.45) is 0.915. The number of aliphatic carboxylic acids is 1. The fourth-order valence-electron chi connectivity index (χ4n) is 2.80. The van der Waals surface area contributed by atoms with Gasteiger partial charge in [-0.25, -0.2) is 0 Å². The van der Waals surface area contributed by atoms with Crippen LogP contribution in [0.15, 0.2) is 18.2 Å². The zero-order chi connectivity index (χ0) is 14.7. The van der Waals surface area contributed by atoms with Gasteiger partial charge in [-0.1, -0.05) is 6.92 Å². The monoisotopic (exact) mass is 279 g/mol. The minimum absolute atomic E-state index is 0.181. The first-order chi connectivity index (χ1) is 9.55. The Morgan fingerprint density at radius 3 is 2.40 bits per heavy atom. The van der Waals surface area contributed by atoms with Gasteiger partial charge in [-0.2, -0.15) is 0 Å². The summed E-state index contributed by atoms with van der Waals surface area (Å²) in [5, 5.41) is 9.34. The highest BCUT2D eigenvalue weighted by molar-refractivity contribution is 5.74. The van der Waals surface area contributed by atoms with Gasteiger partial charge in [0.2, 0.25) is 0 Å². The van der Waals surface area contributed by atoms with Crippen LogP contribution in [0.1, 0.15) is 18.9 Å². The number of hydrogen-bond acceptors (Lipinski definition) is 4. The van der Waals surface area contributed by atoms with Gasteiger partial charge in [-0.15, -0.1) is 0 Å². The molecule has 2 rings (SSSR count). The number of methoxy groups -OCH3 is 2. The molecule has 0 bridgehead atoms. The molecule has 0 saturated carbocycles. The Labute approximate surface area is 119 Å². The van der Waals surface area contributed by atoms with Crippen molar-refractivity contribution >= 4 is 5.97 Å². The van der Waals surface area contributed by atoms with Crippen LogP contribution in [-0.2, 0) is 11.3 Å². The second kappa shape index (κ2) is 6.13. The maximum Gasteiger partial charge on any atom is 0.321 e. The van der Waals surface area contributed by atoms with Crippen molar-refractivity contribution in [2.75, 3.05) is 20.8 Å². The van der Waals surface area contributed by atoms with Crippen LogP contribution >= 0.6 is 0 Å². The van der Waals surface area contributed by atoms with Crippen molar-refractivity contribution in [2.24, 2.45) is 5.92 Å². The summed E-state index contributed by atoms with van der Waals surface area (Å²) in [5.41, 5.74) is 1.00. The number of likely N-dealkylation sites (tertiary alicyclic amines) is 1. The van der Waals surface area contributed by atoms with E-state index in [1.165, 1.54) is 0 Å². The fraction of sp³-hybridized carbons (Fsp3) is 0.533. The van der Waals surface area contributed by atoms with E-state index in [0.29, 0.717) is 6.54 Å². The Balaban J connectivity index is 2.19. The van der Waals surface area contributed by atoms with Crippen molar-refractivity contribution in [1.29, 1.82) is 0 Å². The van der Waals surface area contributed by atoms with Crippen LogP contribution in [0, 0.1) is 5.92 Å². The highest BCUT2D eigenvalue weighted by Gasteiger charge is 2.36. The molecular formula is C15H21NO4. The quantitative estimate of drug-likeness (QED) is 0.893. The first-order valence-electron chi connectivity index (χ1n) is 6.74. The normalized spacial score (nSPS) is 22.8. The number of nitrogens with zero attached hydrogens (tertiary/aromatic N) is 1. The molecule has 0 aromatic heterocycles. The molecule has 20 heavy (non-hydrogen) atoms. The van der Waals surface area contributed by atoms with Gasteiger partial charge in [-0.05, 0) is 36.6 Å². The number of hydrogen-bond donors (Lipinski definition) is 1. The van der Waals surface area contributed by atoms with Gasteiger partial charge in [0, 0.05) is 12.6 Å². The van der Waals surface area contributed by atoms with Gasteiger partial charge < -0.3 is 14.6 Å². The van der Waals surface area contributed by atoms with Crippen molar-refractivity contribution < 1.29 is 19.4 Å². The van der Waals surface area contributed by atoms with Crippen LogP contribution < -0.4 is 9.47 Å². The maximum atomic E-state index is 11.4. The van der Waals surface area contributed by atoms with Crippen molar-refractivity contribution in [3.8, 4) is 11.5 Å². The molecular weight excluding hydrogens is 258 g/mol. The van der Waals surface area contributed by atoms with E-state index in [4.69, 9.17) is 9.47 Å². The largest absolute Gasteiger partial charge is 0.497 e. The van der Waals surface area contributed by atoms with Crippen LogP contribution in [0.2, 0.25) is 0 Å². The fourth-order valence-corrected chi connectivity index (χ4v) is 2.80. The molecule has 1 saturated heterocycles. The van der Waals surface area contributed by atoms with Crippen LogP contribution in [0.25, 0.3) is 0 Å². The highest BCUT2D eigenvalue weighted by Crippen LogP contribution is 2.28. The van der Waals surface area contributed by atoms with Gasteiger partial charge in [-0.3, -0.25) is 9.69 Å². The summed E-state index contributed by atoms with van der Waals surface area (Å²) in [4.78, 5) is 13.4. The lowest BCUT2D eigenvalue weighted by atomic mass is 10.0. The molecule has 1 fully saturated rings. The van der Waals surface area contributed by atoms with Gasteiger partial charge in [0.25, 0.3) is 0 Å². The summed E-state index contributed by atoms with van der Waals surface area (Å²) in [7, 11) is 3.22. The molecule has 110 valence electrons. The third-order valence-corrected chi connectivity index (χ3v) is 3.85. The molecule has 0 spiro atoms. The average molecular weight is 279 g/mol. The van der Waals surface area contributed by atoms with Crippen molar-refractivity contribution in [3.63, 3.8) is 0 Å². The second-order valence-corrected chi connectivity index (χ2v) is 5.24. The van der Waals surface area contributed by atoms with Crippen molar-refractivity contribution in [3.05, 3.63) is 23.8 Å². The maximum absolute atomic E-state index is 11.4. The molecule has 0 radical (unpaired) electrons. The lowest BCUT2D eigenvalue weighted by Gasteiger charge is -2.23. The number of benzene rings is 1. The molecule has 1 heterocycles. The van der Waals surface area contributed by atoms with Crippen LogP contribution in [0.5, 0.6) is 11.5 Å². The second-order valence-electron chi connectivity index (χ2n) is 5.24. The summed E-state index contributed by atoms with van der Waals surface area (Å²) >= 11 is 0. The number of ether oxygens (including phenoxy) is 2. The lowest BCUT2D eigenvalue weighted by molar-refractivity contribution is -0.143. The SMILES string of the molecule is COc1cc(CN2CCC(C)C2C(=O)O)cc(OC)c1. The Morgan fingerprint density at radius 1 is 1.30 bits per heavy atom. The molecule has 2 unspecified atom stereocenters. The minimum Gasteiger partial charge on any atom is -0.497 e. The number of carboxylic acids is 1. The Hall–Kier alpha value is -1.75. The van der Waals surface area contributed by atoms with Crippen molar-refractivity contribution in [1.82, 2.24) is 4.90 Å². The molecule has 0 aliphatic carbocycles. The van der Waals surface area contributed by atoms with E-state index in [-0.39, 0.29) is 5.92 Å². The Bertz CT molecular complexity index is 467. The van der Waals surface area contributed by atoms with Gasteiger partial charge in [0.15, 0.2) is 0 Å². The number of carboxylic acid groups (broad SMARTS) is 1. The molecule has 2 atom stereocenters. The highest BCUT2D eigenvalue weighted by atomic mass is 16.5. The van der Waals surface area contributed by atoms with E-state index in [1.54, 1.807) is 14.2 Å². The molecule has 1 N–H and O–H groups in total. The summed E-state index contributed by atoms with van der Waals surface area (Å²) < 4.78 is 10.5. The first-order valence-corrected chi connectivity index (χ1v) is 6.74. The van der Waals surface area contributed by atoms with E-state index < -0.39 is 12.0 Å². The molecule has 1 aliphatic heterocycles. The molecule has 0 amide bonds. The van der Waals surface area contributed by atoms with Crippen molar-refractivity contribution in [2.45, 2.75) is 25.9 Å². The standard InChI is InChI=1S/C15H21NO4/c1-10-4-5-16(14(10)15(17)18)9-11-6-12(19-2)8-13(7-11)20-3/h6-8,10,14H,4-5,9H2,1-3H3,(H,17,18). The van der Waals surface area contributed by atoms with Gasteiger partial charge >= 0.3 is 5.97 Å². The molecule has 1 aromatic carbocycles. The van der Waals surface area contributed by atoms with Gasteiger partial charge in [0.05, 0.1) is 14.2 Å². The van der Waals surface area contributed by atoms with E-state index >= 15 is 0 Å². The predicted octanol–water partition coefficient (Wildman–Crippen LogP) is 2.00.